The zero-order chi connectivity index (χ0) is 15.0. The van der Waals surface area contributed by atoms with Crippen molar-refractivity contribution in [2.75, 3.05) is 14.2 Å². The van der Waals surface area contributed by atoms with Gasteiger partial charge in [-0.25, -0.2) is 0 Å². The molecule has 1 aromatic rings. The zero-order valence-corrected chi connectivity index (χ0v) is 14.2. The van der Waals surface area contributed by atoms with Gasteiger partial charge in [0.25, 0.3) is 0 Å². The van der Waals surface area contributed by atoms with Crippen molar-refractivity contribution in [2.45, 2.75) is 23.9 Å². The van der Waals surface area contributed by atoms with E-state index in [9.17, 15) is 4.79 Å². The van der Waals surface area contributed by atoms with Gasteiger partial charge in [0.05, 0.1) is 0 Å². The van der Waals surface area contributed by atoms with Gasteiger partial charge in [0.15, 0.2) is 0 Å². The molecule has 112 valence electrons. The molecule has 4 heteroatoms. The molecule has 0 amide bonds. The van der Waals surface area contributed by atoms with Crippen molar-refractivity contribution in [1.29, 1.82) is 0 Å². The van der Waals surface area contributed by atoms with E-state index >= 15 is 0 Å². The molecule has 3 nitrogen and oxygen atoms in total. The molecule has 3 aliphatic rings. The number of allylic oxidation sites excluding steroid dienone is 1. The fraction of sp³-hybridized carbons (Fsp3) is 0.471. The van der Waals surface area contributed by atoms with Gasteiger partial charge in [-0.15, -0.1) is 0 Å². The predicted octanol–water partition coefficient (Wildman–Crippen LogP) is 1.96. The van der Waals surface area contributed by atoms with Crippen LogP contribution in [0.25, 0.3) is 0 Å². The van der Waals surface area contributed by atoms with Gasteiger partial charge >= 0.3 is 131 Å². The fourth-order valence-corrected chi connectivity index (χ4v) is 6.27. The van der Waals surface area contributed by atoms with Crippen LogP contribution in [0.4, 0.5) is 0 Å². The Bertz CT molecular complexity index is 563. The molecule has 1 aromatic carbocycles. The maximum absolute atomic E-state index is 12.8. The summed E-state index contributed by atoms with van der Waals surface area (Å²) in [4.78, 5) is 13.2. The van der Waals surface area contributed by atoms with Crippen LogP contribution in [-0.4, -0.2) is 40.7 Å². The van der Waals surface area contributed by atoms with Crippen molar-refractivity contribution >= 4 is 25.2 Å². The van der Waals surface area contributed by atoms with Crippen molar-refractivity contribution in [3.8, 4) is 0 Å². The molecule has 0 saturated heterocycles. The van der Waals surface area contributed by atoms with Crippen molar-refractivity contribution in [3.05, 3.63) is 42.0 Å². The van der Waals surface area contributed by atoms with Crippen molar-refractivity contribution in [2.24, 2.45) is 11.8 Å². The Morgan fingerprint density at radius 1 is 1.19 bits per heavy atom. The van der Waals surface area contributed by atoms with Gasteiger partial charge in [-0.3, -0.25) is 0 Å². The molecule has 1 fully saturated rings. The molecular weight excluding hydrogens is 331 g/mol. The number of hydrogen-bond acceptors (Lipinski definition) is 3. The summed E-state index contributed by atoms with van der Waals surface area (Å²) in [5, 5.41) is 0. The van der Waals surface area contributed by atoms with Crippen molar-refractivity contribution < 1.29 is 14.3 Å². The van der Waals surface area contributed by atoms with Crippen LogP contribution in [-0.2, 0) is 14.3 Å². The van der Waals surface area contributed by atoms with E-state index in [-0.39, 0.29) is 17.6 Å². The summed E-state index contributed by atoms with van der Waals surface area (Å²) in [7, 11) is 3.15. The van der Waals surface area contributed by atoms with Gasteiger partial charge in [-0.05, 0) is 0 Å². The summed E-state index contributed by atoms with van der Waals surface area (Å²) < 4.78 is 12.4. The number of carbonyl (C=O) groups excluding carboxylic acids is 1. The zero-order valence-electron chi connectivity index (χ0n) is 12.5. The van der Waals surface area contributed by atoms with Crippen LogP contribution in [0.5, 0.6) is 0 Å². The number of methoxy groups -OCH3 is 2. The Morgan fingerprint density at radius 3 is 2.48 bits per heavy atom. The van der Waals surface area contributed by atoms with Crippen LogP contribution in [0.15, 0.2) is 42.0 Å². The standard InChI is InChI=1S/C17H20O3Se/c1-11-9-13-15(21-12-7-5-4-6-8-12)10-14(11)17(19-2,20-3)16(13)18/h4-9,13-15H,10H2,1-3H3/t13-,14-,15-/m1/s1. The Kier molecular flexibility index (Phi) is 4.06. The summed E-state index contributed by atoms with van der Waals surface area (Å²) in [6.45, 7) is 2.09. The van der Waals surface area contributed by atoms with Gasteiger partial charge in [0.1, 0.15) is 0 Å². The van der Waals surface area contributed by atoms with Crippen LogP contribution >= 0.6 is 0 Å². The molecule has 0 aromatic heterocycles. The summed E-state index contributed by atoms with van der Waals surface area (Å²) in [6, 6.07) is 10.5. The molecule has 2 bridgehead atoms. The predicted molar refractivity (Wildman–Crippen MR) is 82.7 cm³/mol. The first-order valence-corrected chi connectivity index (χ1v) is 9.01. The van der Waals surface area contributed by atoms with Crippen LogP contribution in [0.2, 0.25) is 4.82 Å². The number of carbonyl (C=O) groups is 1. The van der Waals surface area contributed by atoms with E-state index in [0.29, 0.717) is 19.8 Å². The summed E-state index contributed by atoms with van der Waals surface area (Å²) in [5.41, 5.74) is 1.23. The van der Waals surface area contributed by atoms with E-state index in [1.807, 2.05) is 6.07 Å². The van der Waals surface area contributed by atoms with Crippen molar-refractivity contribution in [1.82, 2.24) is 0 Å². The third kappa shape index (κ3) is 2.31. The maximum atomic E-state index is 12.8. The number of Topliss-reactive ketones (excluding diaryl/α,β-unsaturated/α-hetero) is 1. The van der Waals surface area contributed by atoms with Gasteiger partial charge in [-0.1, -0.05) is 0 Å². The second-order valence-corrected chi connectivity index (χ2v) is 8.39. The number of rotatable bonds is 4. The third-order valence-electron chi connectivity index (χ3n) is 4.60. The molecule has 0 spiro atoms. The monoisotopic (exact) mass is 352 g/mol. The molecule has 3 aliphatic carbocycles. The van der Waals surface area contributed by atoms with E-state index in [0.717, 1.165) is 6.42 Å². The van der Waals surface area contributed by atoms with Gasteiger partial charge < -0.3 is 0 Å². The average Bonchev–Trinajstić information content (AvgIpc) is 2.51. The molecule has 21 heavy (non-hydrogen) atoms. The number of ketones is 1. The summed E-state index contributed by atoms with van der Waals surface area (Å²) in [6.07, 6.45) is 3.11. The summed E-state index contributed by atoms with van der Waals surface area (Å²) in [5.74, 6) is -1.000. The van der Waals surface area contributed by atoms with Gasteiger partial charge in [0.2, 0.25) is 0 Å². The van der Waals surface area contributed by atoms with Crippen molar-refractivity contribution in [3.63, 3.8) is 0 Å². The molecule has 0 heterocycles. The summed E-state index contributed by atoms with van der Waals surface area (Å²) >= 11 is 0.296. The van der Waals surface area contributed by atoms with Gasteiger partial charge in [0, 0.05) is 0 Å². The molecule has 0 unspecified atom stereocenters. The second kappa shape index (κ2) is 5.69. The van der Waals surface area contributed by atoms with Crippen LogP contribution in [0.3, 0.4) is 0 Å². The molecule has 0 radical (unpaired) electrons. The Balaban J connectivity index is 1.89. The normalized spacial score (nSPS) is 30.3. The minimum absolute atomic E-state index is 0.0422. The van der Waals surface area contributed by atoms with E-state index in [4.69, 9.17) is 9.47 Å². The van der Waals surface area contributed by atoms with E-state index in [1.54, 1.807) is 14.2 Å². The van der Waals surface area contributed by atoms with Crippen LogP contribution in [0.1, 0.15) is 13.3 Å². The molecule has 4 rings (SSSR count). The van der Waals surface area contributed by atoms with Crippen LogP contribution in [0, 0.1) is 11.8 Å². The Hall–Kier alpha value is -0.931. The first-order valence-electron chi connectivity index (χ1n) is 7.17. The SMILES string of the molecule is COC1(OC)C(=O)[C@@H]2C=C(C)[C@H]1C[C@H]2[Se]c1ccccc1. The molecular formula is C17H20O3Se. The number of hydrogen-bond donors (Lipinski definition) is 0. The third-order valence-corrected chi connectivity index (χ3v) is 7.40. The van der Waals surface area contributed by atoms with E-state index in [2.05, 4.69) is 37.3 Å². The number of fused-ring (bicyclic) bond motifs is 2. The van der Waals surface area contributed by atoms with E-state index in [1.165, 1.54) is 10.0 Å². The molecule has 0 N–H and O–H groups in total. The fourth-order valence-electron chi connectivity index (χ4n) is 3.54. The molecule has 1 saturated carbocycles. The number of ether oxygens (including phenoxy) is 2. The quantitative estimate of drug-likeness (QED) is 0.473. The Morgan fingerprint density at radius 2 is 1.86 bits per heavy atom. The van der Waals surface area contributed by atoms with E-state index < -0.39 is 5.79 Å². The molecule has 3 atom stereocenters. The second-order valence-electron chi connectivity index (χ2n) is 5.63. The first kappa shape index (κ1) is 15.0. The minimum atomic E-state index is -1.06. The van der Waals surface area contributed by atoms with Gasteiger partial charge in [-0.2, -0.15) is 0 Å². The number of benzene rings is 1. The topological polar surface area (TPSA) is 35.5 Å². The Labute approximate surface area is 131 Å². The van der Waals surface area contributed by atoms with Crippen LogP contribution < -0.4 is 4.46 Å². The average molecular weight is 351 g/mol. The molecule has 0 aliphatic heterocycles. The first-order chi connectivity index (χ1) is 10.1.